The van der Waals surface area contributed by atoms with Crippen LogP contribution in [0.3, 0.4) is 0 Å². The van der Waals surface area contributed by atoms with Gasteiger partial charge < -0.3 is 14.4 Å². The van der Waals surface area contributed by atoms with Crippen LogP contribution in [0.4, 0.5) is 0 Å². The van der Waals surface area contributed by atoms with Gasteiger partial charge in [-0.2, -0.15) is 4.72 Å². The normalized spacial score (nSPS) is 19.2. The lowest BCUT2D eigenvalue weighted by Crippen LogP contribution is -2.57. The van der Waals surface area contributed by atoms with E-state index < -0.39 is 21.5 Å². The summed E-state index contributed by atoms with van der Waals surface area (Å²) in [5.41, 5.74) is -1.48. The van der Waals surface area contributed by atoms with Gasteiger partial charge in [-0.25, -0.2) is 8.42 Å². The van der Waals surface area contributed by atoms with Crippen LogP contribution >= 0.6 is 0 Å². The predicted molar refractivity (Wildman–Crippen MR) is 66.2 cm³/mol. The maximum Gasteiger partial charge on any atom is 0.325 e. The monoisotopic (exact) mass is 288 g/mol. The van der Waals surface area contributed by atoms with Crippen LogP contribution in [0.2, 0.25) is 0 Å². The van der Waals surface area contributed by atoms with Crippen molar-refractivity contribution in [3.63, 3.8) is 0 Å². The standard InChI is InChI=1S/C11H16N2O5S/c1-13-5-2-9(8-13)19(16,17)12-11(10(14)15)3-6-18-7-4-11/h2,5,8,12H,3-4,6-7H2,1H3,(H,14,15). The lowest BCUT2D eigenvalue weighted by atomic mass is 9.92. The largest absolute Gasteiger partial charge is 0.480 e. The van der Waals surface area contributed by atoms with Gasteiger partial charge in [0.15, 0.2) is 0 Å². The first-order valence-electron chi connectivity index (χ1n) is 5.83. The molecular formula is C11H16N2O5S. The summed E-state index contributed by atoms with van der Waals surface area (Å²) < 4.78 is 33.4. The Morgan fingerprint density at radius 3 is 2.58 bits per heavy atom. The van der Waals surface area contributed by atoms with Crippen LogP contribution in [-0.2, 0) is 26.6 Å². The molecule has 0 unspecified atom stereocenters. The lowest BCUT2D eigenvalue weighted by molar-refractivity contribution is -0.147. The van der Waals surface area contributed by atoms with Crippen LogP contribution in [0.25, 0.3) is 0 Å². The minimum Gasteiger partial charge on any atom is -0.480 e. The molecule has 0 atom stereocenters. The molecule has 8 heteroatoms. The molecule has 0 amide bonds. The number of aryl methyl sites for hydroxylation is 1. The third-order valence-electron chi connectivity index (χ3n) is 3.20. The molecular weight excluding hydrogens is 272 g/mol. The van der Waals surface area contributed by atoms with Crippen LogP contribution < -0.4 is 4.72 Å². The number of ether oxygens (including phenoxy) is 1. The first-order chi connectivity index (χ1) is 8.86. The van der Waals surface area contributed by atoms with Gasteiger partial charge in [-0.15, -0.1) is 0 Å². The Balaban J connectivity index is 2.29. The van der Waals surface area contributed by atoms with Gasteiger partial charge in [0.1, 0.15) is 5.54 Å². The summed E-state index contributed by atoms with van der Waals surface area (Å²) in [7, 11) is -2.15. The number of carbonyl (C=O) groups is 1. The van der Waals surface area contributed by atoms with Crippen molar-refractivity contribution in [1.29, 1.82) is 0 Å². The number of nitrogens with zero attached hydrogens (tertiary/aromatic N) is 1. The average molecular weight is 288 g/mol. The molecule has 1 aliphatic heterocycles. The van der Waals surface area contributed by atoms with Crippen molar-refractivity contribution in [3.8, 4) is 0 Å². The number of nitrogens with one attached hydrogen (secondary N) is 1. The fourth-order valence-corrected chi connectivity index (χ4v) is 3.50. The lowest BCUT2D eigenvalue weighted by Gasteiger charge is -2.33. The first-order valence-corrected chi connectivity index (χ1v) is 7.31. The fraction of sp³-hybridized carbons (Fsp3) is 0.545. The predicted octanol–water partition coefficient (Wildman–Crippen LogP) is -0.0628. The molecule has 0 aromatic carbocycles. The first kappa shape index (κ1) is 14.0. The molecule has 2 heterocycles. The van der Waals surface area contributed by atoms with Crippen molar-refractivity contribution in [3.05, 3.63) is 18.5 Å². The minimum absolute atomic E-state index is 0.0575. The number of aromatic nitrogens is 1. The van der Waals surface area contributed by atoms with Gasteiger partial charge in [0.05, 0.1) is 4.90 Å². The van der Waals surface area contributed by atoms with E-state index in [0.717, 1.165) is 0 Å². The number of rotatable bonds is 4. The summed E-state index contributed by atoms with van der Waals surface area (Å²) >= 11 is 0. The van der Waals surface area contributed by atoms with Gasteiger partial charge in [0.25, 0.3) is 0 Å². The average Bonchev–Trinajstić information content (AvgIpc) is 2.77. The van der Waals surface area contributed by atoms with E-state index in [0.29, 0.717) is 0 Å². The Morgan fingerprint density at radius 1 is 1.47 bits per heavy atom. The Morgan fingerprint density at radius 2 is 2.11 bits per heavy atom. The van der Waals surface area contributed by atoms with Gasteiger partial charge >= 0.3 is 5.97 Å². The summed E-state index contributed by atoms with van der Waals surface area (Å²) in [5, 5.41) is 9.32. The van der Waals surface area contributed by atoms with E-state index in [2.05, 4.69) is 4.72 Å². The van der Waals surface area contributed by atoms with Crippen LogP contribution in [0.15, 0.2) is 23.4 Å². The Bertz CT molecular complexity index is 572. The Hall–Kier alpha value is -1.38. The highest BCUT2D eigenvalue weighted by molar-refractivity contribution is 7.89. The molecule has 1 aliphatic rings. The molecule has 1 aromatic rings. The van der Waals surface area contributed by atoms with Gasteiger partial charge in [0, 0.05) is 45.5 Å². The van der Waals surface area contributed by atoms with E-state index in [1.165, 1.54) is 12.3 Å². The highest BCUT2D eigenvalue weighted by atomic mass is 32.2. The molecule has 0 bridgehead atoms. The molecule has 1 aromatic heterocycles. The van der Waals surface area contributed by atoms with Gasteiger partial charge in [-0.1, -0.05) is 0 Å². The Labute approximate surface area is 111 Å². The SMILES string of the molecule is Cn1ccc(S(=O)(=O)NC2(C(=O)O)CCOCC2)c1. The van der Waals surface area contributed by atoms with Crippen LogP contribution in [0, 0.1) is 0 Å². The summed E-state index contributed by atoms with van der Waals surface area (Å²) in [6, 6.07) is 1.43. The molecule has 1 saturated heterocycles. The summed E-state index contributed by atoms with van der Waals surface area (Å²) in [6.45, 7) is 0.452. The maximum atomic E-state index is 12.2. The van der Waals surface area contributed by atoms with Crippen LogP contribution in [0.1, 0.15) is 12.8 Å². The number of sulfonamides is 1. The zero-order valence-electron chi connectivity index (χ0n) is 10.5. The molecule has 0 radical (unpaired) electrons. The molecule has 1 fully saturated rings. The molecule has 2 rings (SSSR count). The second kappa shape index (κ2) is 4.95. The molecule has 0 saturated carbocycles. The van der Waals surface area contributed by atoms with Crippen molar-refractivity contribution < 1.29 is 23.1 Å². The van der Waals surface area contributed by atoms with Gasteiger partial charge in [0.2, 0.25) is 10.0 Å². The molecule has 0 spiro atoms. The zero-order valence-corrected chi connectivity index (χ0v) is 11.3. The van der Waals surface area contributed by atoms with E-state index in [-0.39, 0.29) is 31.0 Å². The van der Waals surface area contributed by atoms with Crippen molar-refractivity contribution >= 4 is 16.0 Å². The van der Waals surface area contributed by atoms with Crippen molar-refractivity contribution in [2.75, 3.05) is 13.2 Å². The zero-order chi connectivity index (χ0) is 14.1. The highest BCUT2D eigenvalue weighted by Gasteiger charge is 2.43. The number of carboxylic acid groups (broad SMARTS) is 1. The highest BCUT2D eigenvalue weighted by Crippen LogP contribution is 2.24. The number of hydrogen-bond donors (Lipinski definition) is 2. The maximum absolute atomic E-state index is 12.2. The molecule has 106 valence electrons. The van der Waals surface area contributed by atoms with E-state index in [4.69, 9.17) is 4.74 Å². The third kappa shape index (κ3) is 2.80. The number of carboxylic acids is 1. The molecule has 19 heavy (non-hydrogen) atoms. The van der Waals surface area contributed by atoms with Crippen molar-refractivity contribution in [2.45, 2.75) is 23.3 Å². The third-order valence-corrected chi connectivity index (χ3v) is 4.72. The second-order valence-corrected chi connectivity index (χ2v) is 6.30. The topological polar surface area (TPSA) is 97.6 Å². The number of aliphatic carboxylic acids is 1. The van der Waals surface area contributed by atoms with E-state index in [1.807, 2.05) is 0 Å². The van der Waals surface area contributed by atoms with E-state index in [9.17, 15) is 18.3 Å². The van der Waals surface area contributed by atoms with E-state index in [1.54, 1.807) is 17.8 Å². The smallest absolute Gasteiger partial charge is 0.325 e. The fourth-order valence-electron chi connectivity index (χ4n) is 2.03. The van der Waals surface area contributed by atoms with Gasteiger partial charge in [-0.05, 0) is 6.07 Å². The molecule has 2 N–H and O–H groups in total. The van der Waals surface area contributed by atoms with Crippen LogP contribution in [-0.4, -0.2) is 42.8 Å². The molecule has 0 aliphatic carbocycles. The Kier molecular flexibility index (Phi) is 3.66. The summed E-state index contributed by atoms with van der Waals surface area (Å²) in [6.07, 6.45) is 3.26. The van der Waals surface area contributed by atoms with E-state index >= 15 is 0 Å². The summed E-state index contributed by atoms with van der Waals surface area (Å²) in [4.78, 5) is 11.5. The quantitative estimate of drug-likeness (QED) is 0.808. The second-order valence-electron chi connectivity index (χ2n) is 4.62. The molecule has 7 nitrogen and oxygen atoms in total. The van der Waals surface area contributed by atoms with Crippen molar-refractivity contribution in [1.82, 2.24) is 9.29 Å². The van der Waals surface area contributed by atoms with Crippen molar-refractivity contribution in [2.24, 2.45) is 7.05 Å². The number of hydrogen-bond acceptors (Lipinski definition) is 4. The van der Waals surface area contributed by atoms with Gasteiger partial charge in [-0.3, -0.25) is 4.79 Å². The minimum atomic E-state index is -3.85. The van der Waals surface area contributed by atoms with Crippen LogP contribution in [0.5, 0.6) is 0 Å². The summed E-state index contributed by atoms with van der Waals surface area (Å²) in [5.74, 6) is -1.17.